The Morgan fingerprint density at radius 3 is 2.59 bits per heavy atom. The number of ether oxygens (including phenoxy) is 1. The summed E-state index contributed by atoms with van der Waals surface area (Å²) in [6, 6.07) is 20.2. The van der Waals surface area contributed by atoms with Crippen LogP contribution in [0.4, 0.5) is 0 Å². The number of aromatic nitrogens is 4. The van der Waals surface area contributed by atoms with Crippen LogP contribution in [-0.2, 0) is 5.54 Å². The van der Waals surface area contributed by atoms with E-state index >= 15 is 0 Å². The highest BCUT2D eigenvalue weighted by molar-refractivity contribution is 5.91. The first-order chi connectivity index (χ1) is 16.4. The van der Waals surface area contributed by atoms with Crippen LogP contribution in [0.15, 0.2) is 66.9 Å². The number of hydrogen-bond donors (Lipinski definition) is 2. The second kappa shape index (κ2) is 7.62. The zero-order valence-corrected chi connectivity index (χ0v) is 19.1. The first kappa shape index (κ1) is 20.8. The fraction of sp³-hybridized carbons (Fsp3) is 0.222. The van der Waals surface area contributed by atoms with Crippen LogP contribution in [0.5, 0.6) is 5.75 Å². The average molecular weight is 452 g/mol. The first-order valence-corrected chi connectivity index (χ1v) is 11.3. The van der Waals surface area contributed by atoms with Crippen LogP contribution in [-0.4, -0.2) is 37.9 Å². The maximum absolute atomic E-state index is 9.76. The first-order valence-electron chi connectivity index (χ1n) is 11.3. The van der Waals surface area contributed by atoms with Gasteiger partial charge in [-0.15, -0.1) is 0 Å². The summed E-state index contributed by atoms with van der Waals surface area (Å²) >= 11 is 0. The van der Waals surface area contributed by atoms with Crippen molar-refractivity contribution in [3.05, 3.63) is 78.1 Å². The van der Waals surface area contributed by atoms with E-state index in [0.717, 1.165) is 56.1 Å². The lowest BCUT2D eigenvalue weighted by molar-refractivity contribution is 0.0209. The topological polar surface area (TPSA) is 98.6 Å². The summed E-state index contributed by atoms with van der Waals surface area (Å²) in [5.74, 6) is 0.781. The molecule has 7 nitrogen and oxygen atoms in total. The van der Waals surface area contributed by atoms with Crippen molar-refractivity contribution in [3.63, 3.8) is 0 Å². The van der Waals surface area contributed by atoms with E-state index < -0.39 is 5.54 Å². The van der Waals surface area contributed by atoms with Crippen molar-refractivity contribution < 1.29 is 9.84 Å². The van der Waals surface area contributed by atoms with E-state index in [2.05, 4.69) is 34.3 Å². The summed E-state index contributed by atoms with van der Waals surface area (Å²) in [4.78, 5) is 9.67. The Morgan fingerprint density at radius 1 is 1.06 bits per heavy atom. The highest BCUT2D eigenvalue weighted by Crippen LogP contribution is 2.40. The van der Waals surface area contributed by atoms with Gasteiger partial charge in [0.05, 0.1) is 24.6 Å². The Labute approximate surface area is 196 Å². The molecule has 34 heavy (non-hydrogen) atoms. The van der Waals surface area contributed by atoms with Gasteiger partial charge in [-0.2, -0.15) is 9.61 Å². The van der Waals surface area contributed by atoms with Crippen LogP contribution < -0.4 is 10.5 Å². The third kappa shape index (κ3) is 3.32. The van der Waals surface area contributed by atoms with Gasteiger partial charge in [0.25, 0.3) is 0 Å². The number of fused-ring (bicyclic) bond motifs is 3. The molecule has 0 unspecified atom stereocenters. The zero-order chi connectivity index (χ0) is 23.4. The number of hydrogen-bond acceptors (Lipinski definition) is 6. The van der Waals surface area contributed by atoms with Crippen LogP contribution in [0.2, 0.25) is 0 Å². The van der Waals surface area contributed by atoms with Gasteiger partial charge in [0.15, 0.2) is 11.3 Å². The van der Waals surface area contributed by atoms with E-state index in [1.54, 1.807) is 11.6 Å². The van der Waals surface area contributed by atoms with E-state index in [9.17, 15) is 5.11 Å². The number of pyridine rings is 1. The lowest BCUT2D eigenvalue weighted by Crippen LogP contribution is -2.51. The van der Waals surface area contributed by atoms with Crippen LogP contribution in [0.1, 0.15) is 24.1 Å². The fourth-order valence-electron chi connectivity index (χ4n) is 4.86. The lowest BCUT2D eigenvalue weighted by atomic mass is 9.70. The van der Waals surface area contributed by atoms with Gasteiger partial charge in [0, 0.05) is 34.3 Å². The van der Waals surface area contributed by atoms with Gasteiger partial charge in [-0.05, 0) is 49.1 Å². The third-order valence-electron chi connectivity index (χ3n) is 6.69. The van der Waals surface area contributed by atoms with E-state index in [1.165, 1.54) is 0 Å². The van der Waals surface area contributed by atoms with Gasteiger partial charge in [0.1, 0.15) is 5.75 Å². The van der Waals surface area contributed by atoms with Gasteiger partial charge in [-0.25, -0.2) is 9.97 Å². The van der Waals surface area contributed by atoms with Crippen molar-refractivity contribution in [2.75, 3.05) is 7.11 Å². The minimum absolute atomic E-state index is 0.319. The van der Waals surface area contributed by atoms with Crippen molar-refractivity contribution in [1.29, 1.82) is 0 Å². The van der Waals surface area contributed by atoms with E-state index in [1.807, 2.05) is 49.5 Å². The number of aliphatic hydroxyl groups is 1. The lowest BCUT2D eigenvalue weighted by Gasteiger charge is -2.42. The van der Waals surface area contributed by atoms with E-state index in [-0.39, 0.29) is 6.10 Å². The maximum atomic E-state index is 9.76. The molecule has 170 valence electrons. The summed E-state index contributed by atoms with van der Waals surface area (Å²) in [6.45, 7) is 1.95. The molecule has 1 aliphatic rings. The number of nitrogens with two attached hydrogens (primary N) is 1. The quantitative estimate of drug-likeness (QED) is 0.424. The number of benzene rings is 2. The molecule has 5 aromatic rings. The maximum Gasteiger partial charge on any atom is 0.165 e. The highest BCUT2D eigenvalue weighted by atomic mass is 16.5. The molecule has 6 rings (SSSR count). The number of methoxy groups -OCH3 is 1. The summed E-state index contributed by atoms with van der Waals surface area (Å²) < 4.78 is 7.26. The molecule has 0 radical (unpaired) electrons. The number of rotatable bonds is 4. The molecule has 3 heterocycles. The highest BCUT2D eigenvalue weighted by Gasteiger charge is 2.41. The van der Waals surface area contributed by atoms with Crippen molar-refractivity contribution in [2.45, 2.75) is 31.4 Å². The molecular formula is C27H25N5O2. The normalized spacial score (nSPS) is 19.9. The molecule has 0 saturated heterocycles. The second-order valence-corrected chi connectivity index (χ2v) is 9.14. The van der Waals surface area contributed by atoms with Gasteiger partial charge in [0.2, 0.25) is 0 Å². The molecule has 0 aliphatic heterocycles. The molecule has 1 saturated carbocycles. The smallest absolute Gasteiger partial charge is 0.165 e. The number of nitrogens with zero attached hydrogens (tertiary/aromatic N) is 4. The van der Waals surface area contributed by atoms with Crippen LogP contribution in [0, 0.1) is 6.92 Å². The number of aryl methyl sites for hydroxylation is 1. The molecule has 0 spiro atoms. The monoisotopic (exact) mass is 451 g/mol. The van der Waals surface area contributed by atoms with Crippen molar-refractivity contribution in [2.24, 2.45) is 5.73 Å². The molecular weight excluding hydrogens is 426 g/mol. The molecule has 0 amide bonds. The SMILES string of the molecule is COc1cccc(-c2cc3cnc4cc(C)nn4c3nc2-c2ccc([C@]3(N)C[C@H](O)C3)cc2)c1. The molecule has 1 aliphatic carbocycles. The summed E-state index contributed by atoms with van der Waals surface area (Å²) in [5.41, 5.74) is 13.2. The molecule has 0 bridgehead atoms. The van der Waals surface area contributed by atoms with Crippen LogP contribution >= 0.6 is 0 Å². The molecule has 3 aromatic heterocycles. The predicted molar refractivity (Wildman–Crippen MR) is 132 cm³/mol. The Balaban J connectivity index is 1.56. The summed E-state index contributed by atoms with van der Waals surface area (Å²) in [5, 5.41) is 15.3. The molecule has 1 fully saturated rings. The van der Waals surface area contributed by atoms with Crippen molar-refractivity contribution in [3.8, 4) is 28.1 Å². The molecule has 7 heteroatoms. The molecule has 0 atom stereocenters. The van der Waals surface area contributed by atoms with Crippen molar-refractivity contribution in [1.82, 2.24) is 19.6 Å². The van der Waals surface area contributed by atoms with Gasteiger partial charge in [-0.1, -0.05) is 36.4 Å². The van der Waals surface area contributed by atoms with E-state index in [4.69, 9.17) is 15.5 Å². The molecule has 3 N–H and O–H groups in total. The minimum Gasteiger partial charge on any atom is -0.497 e. The van der Waals surface area contributed by atoms with E-state index in [0.29, 0.717) is 12.8 Å². The Morgan fingerprint density at radius 2 is 1.85 bits per heavy atom. The third-order valence-corrected chi connectivity index (χ3v) is 6.69. The number of aliphatic hydroxyl groups excluding tert-OH is 1. The zero-order valence-electron chi connectivity index (χ0n) is 19.1. The Hall–Kier alpha value is -3.81. The molecule has 2 aromatic carbocycles. The predicted octanol–water partition coefficient (Wildman–Crippen LogP) is 4.24. The van der Waals surface area contributed by atoms with Crippen LogP contribution in [0.3, 0.4) is 0 Å². The van der Waals surface area contributed by atoms with Gasteiger partial charge < -0.3 is 15.6 Å². The second-order valence-electron chi connectivity index (χ2n) is 9.14. The van der Waals surface area contributed by atoms with Gasteiger partial charge >= 0.3 is 0 Å². The largest absolute Gasteiger partial charge is 0.497 e. The Kier molecular flexibility index (Phi) is 4.65. The van der Waals surface area contributed by atoms with Crippen LogP contribution in [0.25, 0.3) is 39.1 Å². The van der Waals surface area contributed by atoms with Gasteiger partial charge in [-0.3, -0.25) is 0 Å². The van der Waals surface area contributed by atoms with Crippen molar-refractivity contribution >= 4 is 16.7 Å². The standard InChI is InChI=1S/C27H25N5O2/c1-16-10-24-29-15-19-12-23(18-4-3-5-22(11-18)34-2)25(30-26(19)32(24)31-16)17-6-8-20(9-7-17)27(28)13-21(33)14-27/h3-12,15,21,33H,13-14,28H2,1-2H3/t21-,27-. The average Bonchev–Trinajstić information content (AvgIpc) is 3.23. The Bertz CT molecular complexity index is 1530. The summed E-state index contributed by atoms with van der Waals surface area (Å²) in [7, 11) is 1.66. The minimum atomic E-state index is -0.463. The summed E-state index contributed by atoms with van der Waals surface area (Å²) in [6.07, 6.45) is 2.69. The fourth-order valence-corrected chi connectivity index (χ4v) is 4.86.